The predicted octanol–water partition coefficient (Wildman–Crippen LogP) is 3.36. The second kappa shape index (κ2) is 7.93. The summed E-state index contributed by atoms with van der Waals surface area (Å²) in [5, 5.41) is 9.12. The highest BCUT2D eigenvalue weighted by Crippen LogP contribution is 2.34. The number of cyclic esters (lactones) is 1. The molecule has 1 atom stereocenters. The average molecular weight is 397 g/mol. The standard InChI is InChI=1S/C20H19N3O4S/c1-25-15-8-6-14(7-9-15)23-18(13-4-3-5-16(12-13)26-2)21-22-20(23)28-17-10-11-27-19(17)24/h3-9,12,17H,10-11H2,1-2H3. The fourth-order valence-corrected chi connectivity index (χ4v) is 3.99. The molecular formula is C20H19N3O4S. The van der Waals surface area contributed by atoms with Gasteiger partial charge in [-0.15, -0.1) is 10.2 Å². The molecule has 0 aliphatic carbocycles. The zero-order valence-corrected chi connectivity index (χ0v) is 16.3. The number of carbonyl (C=O) groups excluding carboxylic acids is 1. The molecule has 0 saturated carbocycles. The molecular weight excluding hydrogens is 378 g/mol. The number of rotatable bonds is 6. The van der Waals surface area contributed by atoms with Crippen molar-refractivity contribution in [1.29, 1.82) is 0 Å². The molecule has 144 valence electrons. The molecule has 0 spiro atoms. The monoisotopic (exact) mass is 397 g/mol. The van der Waals surface area contributed by atoms with E-state index in [1.165, 1.54) is 11.8 Å². The lowest BCUT2D eigenvalue weighted by molar-refractivity contribution is -0.137. The van der Waals surface area contributed by atoms with Crippen LogP contribution in [0, 0.1) is 0 Å². The first-order chi connectivity index (χ1) is 13.7. The predicted molar refractivity (Wildman–Crippen MR) is 105 cm³/mol. The Hall–Kier alpha value is -3.00. The molecule has 2 heterocycles. The van der Waals surface area contributed by atoms with Crippen LogP contribution in [0.15, 0.2) is 53.7 Å². The smallest absolute Gasteiger partial charge is 0.319 e. The molecule has 1 aliphatic heterocycles. The Morgan fingerprint density at radius 3 is 2.54 bits per heavy atom. The van der Waals surface area contributed by atoms with Crippen molar-refractivity contribution in [1.82, 2.24) is 14.8 Å². The van der Waals surface area contributed by atoms with Gasteiger partial charge in [-0.3, -0.25) is 9.36 Å². The molecule has 1 aromatic heterocycles. The molecule has 0 radical (unpaired) electrons. The average Bonchev–Trinajstić information content (AvgIpc) is 3.35. The van der Waals surface area contributed by atoms with Crippen molar-refractivity contribution < 1.29 is 19.0 Å². The lowest BCUT2D eigenvalue weighted by atomic mass is 10.2. The van der Waals surface area contributed by atoms with E-state index in [2.05, 4.69) is 10.2 Å². The van der Waals surface area contributed by atoms with Crippen molar-refractivity contribution in [3.63, 3.8) is 0 Å². The number of thioether (sulfide) groups is 1. The minimum atomic E-state index is -0.278. The van der Waals surface area contributed by atoms with E-state index in [-0.39, 0.29) is 11.2 Å². The van der Waals surface area contributed by atoms with Crippen LogP contribution in [0.2, 0.25) is 0 Å². The number of esters is 1. The molecule has 7 nitrogen and oxygen atoms in total. The number of nitrogens with zero attached hydrogens (tertiary/aromatic N) is 3. The molecule has 2 aromatic carbocycles. The van der Waals surface area contributed by atoms with Crippen LogP contribution in [0.5, 0.6) is 11.5 Å². The van der Waals surface area contributed by atoms with Gasteiger partial charge in [0.15, 0.2) is 11.0 Å². The largest absolute Gasteiger partial charge is 0.497 e. The second-order valence-corrected chi connectivity index (χ2v) is 7.30. The fraction of sp³-hybridized carbons (Fsp3) is 0.250. The minimum Gasteiger partial charge on any atom is -0.497 e. The van der Waals surface area contributed by atoms with Crippen LogP contribution in [0.4, 0.5) is 0 Å². The van der Waals surface area contributed by atoms with Crippen LogP contribution in [-0.4, -0.2) is 46.8 Å². The lowest BCUT2D eigenvalue weighted by Crippen LogP contribution is -2.11. The minimum absolute atomic E-state index is 0.211. The molecule has 0 bridgehead atoms. The number of carbonyl (C=O) groups is 1. The Balaban J connectivity index is 1.80. The van der Waals surface area contributed by atoms with Crippen molar-refractivity contribution in [2.24, 2.45) is 0 Å². The van der Waals surface area contributed by atoms with Crippen molar-refractivity contribution >= 4 is 17.7 Å². The van der Waals surface area contributed by atoms with Gasteiger partial charge in [-0.05, 0) is 36.4 Å². The molecule has 0 N–H and O–H groups in total. The Morgan fingerprint density at radius 2 is 1.86 bits per heavy atom. The lowest BCUT2D eigenvalue weighted by Gasteiger charge is -2.12. The van der Waals surface area contributed by atoms with Crippen LogP contribution >= 0.6 is 11.8 Å². The van der Waals surface area contributed by atoms with E-state index in [4.69, 9.17) is 14.2 Å². The van der Waals surface area contributed by atoms with Gasteiger partial charge < -0.3 is 14.2 Å². The highest BCUT2D eigenvalue weighted by Gasteiger charge is 2.30. The van der Waals surface area contributed by atoms with E-state index < -0.39 is 0 Å². The topological polar surface area (TPSA) is 75.5 Å². The van der Waals surface area contributed by atoms with E-state index in [0.717, 1.165) is 22.7 Å². The molecule has 8 heteroatoms. The van der Waals surface area contributed by atoms with E-state index in [1.807, 2.05) is 53.1 Å². The van der Waals surface area contributed by atoms with Crippen molar-refractivity contribution in [2.75, 3.05) is 20.8 Å². The third-order valence-corrected chi connectivity index (χ3v) is 5.61. The number of benzene rings is 2. The van der Waals surface area contributed by atoms with Gasteiger partial charge in [0, 0.05) is 17.7 Å². The third kappa shape index (κ3) is 3.55. The highest BCUT2D eigenvalue weighted by molar-refractivity contribution is 8.00. The maximum Gasteiger partial charge on any atom is 0.319 e. The van der Waals surface area contributed by atoms with Gasteiger partial charge in [0.05, 0.1) is 20.8 Å². The van der Waals surface area contributed by atoms with Crippen LogP contribution in [-0.2, 0) is 9.53 Å². The van der Waals surface area contributed by atoms with Gasteiger partial charge >= 0.3 is 5.97 Å². The number of methoxy groups -OCH3 is 2. The molecule has 1 fully saturated rings. The maximum absolute atomic E-state index is 11.9. The van der Waals surface area contributed by atoms with Gasteiger partial charge in [-0.1, -0.05) is 23.9 Å². The van der Waals surface area contributed by atoms with Gasteiger partial charge in [-0.2, -0.15) is 0 Å². The van der Waals surface area contributed by atoms with Crippen LogP contribution in [0.3, 0.4) is 0 Å². The number of hydrogen-bond acceptors (Lipinski definition) is 7. The van der Waals surface area contributed by atoms with Gasteiger partial charge in [-0.25, -0.2) is 0 Å². The summed E-state index contributed by atoms with van der Waals surface area (Å²) in [6.07, 6.45) is 0.660. The Kier molecular flexibility index (Phi) is 5.21. The van der Waals surface area contributed by atoms with Crippen molar-refractivity contribution in [3.8, 4) is 28.6 Å². The summed E-state index contributed by atoms with van der Waals surface area (Å²) in [4.78, 5) is 11.9. The van der Waals surface area contributed by atoms with Crippen molar-refractivity contribution in [2.45, 2.75) is 16.8 Å². The van der Waals surface area contributed by atoms with Crippen LogP contribution in [0.1, 0.15) is 6.42 Å². The fourth-order valence-electron chi connectivity index (χ4n) is 2.97. The first-order valence-corrected chi connectivity index (χ1v) is 9.65. The molecule has 4 rings (SSSR count). The molecule has 1 saturated heterocycles. The highest BCUT2D eigenvalue weighted by atomic mass is 32.2. The van der Waals surface area contributed by atoms with Crippen LogP contribution in [0.25, 0.3) is 17.1 Å². The summed E-state index contributed by atoms with van der Waals surface area (Å²) in [6, 6.07) is 15.3. The maximum atomic E-state index is 11.9. The summed E-state index contributed by atoms with van der Waals surface area (Å²) in [5.74, 6) is 1.94. The van der Waals surface area contributed by atoms with Crippen LogP contribution < -0.4 is 9.47 Å². The molecule has 1 unspecified atom stereocenters. The zero-order valence-electron chi connectivity index (χ0n) is 15.5. The van der Waals surface area contributed by atoms with E-state index in [0.29, 0.717) is 24.0 Å². The van der Waals surface area contributed by atoms with E-state index in [1.54, 1.807) is 14.2 Å². The number of aromatic nitrogens is 3. The van der Waals surface area contributed by atoms with E-state index in [9.17, 15) is 4.79 Å². The molecule has 1 aliphatic rings. The third-order valence-electron chi connectivity index (χ3n) is 4.43. The quantitative estimate of drug-likeness (QED) is 0.590. The second-order valence-electron chi connectivity index (χ2n) is 6.13. The summed E-state index contributed by atoms with van der Waals surface area (Å²) in [5.41, 5.74) is 1.74. The van der Waals surface area contributed by atoms with Gasteiger partial charge in [0.25, 0.3) is 0 Å². The molecule has 3 aromatic rings. The first kappa shape index (κ1) is 18.4. The molecule has 0 amide bonds. The number of ether oxygens (including phenoxy) is 3. The Morgan fingerprint density at radius 1 is 1.07 bits per heavy atom. The summed E-state index contributed by atoms with van der Waals surface area (Å²) in [7, 11) is 3.25. The Bertz CT molecular complexity index is 987. The first-order valence-electron chi connectivity index (χ1n) is 8.77. The SMILES string of the molecule is COc1ccc(-n2c(SC3CCOC3=O)nnc2-c2cccc(OC)c2)cc1. The van der Waals surface area contributed by atoms with Gasteiger partial charge in [0.2, 0.25) is 0 Å². The zero-order chi connectivity index (χ0) is 19.5. The van der Waals surface area contributed by atoms with E-state index >= 15 is 0 Å². The Labute approximate surface area is 166 Å². The number of hydrogen-bond donors (Lipinski definition) is 0. The summed E-state index contributed by atoms with van der Waals surface area (Å²) < 4.78 is 17.6. The summed E-state index contributed by atoms with van der Waals surface area (Å²) >= 11 is 1.37. The van der Waals surface area contributed by atoms with Crippen molar-refractivity contribution in [3.05, 3.63) is 48.5 Å². The molecule has 28 heavy (non-hydrogen) atoms. The van der Waals surface area contributed by atoms with Gasteiger partial charge in [0.1, 0.15) is 16.7 Å². The normalized spacial score (nSPS) is 16.1. The summed E-state index contributed by atoms with van der Waals surface area (Å²) in [6.45, 7) is 0.440.